The minimum absolute atomic E-state index is 0.0863. The molecule has 1 rings (SSSR count). The van der Waals surface area contributed by atoms with Crippen LogP contribution in [0.1, 0.15) is 54.9 Å². The molecule has 0 bridgehead atoms. The van der Waals surface area contributed by atoms with E-state index in [4.69, 9.17) is 9.47 Å². The molecule has 1 heterocycles. The van der Waals surface area contributed by atoms with Crippen molar-refractivity contribution in [3.8, 4) is 0 Å². The van der Waals surface area contributed by atoms with Crippen LogP contribution in [0.5, 0.6) is 0 Å². The van der Waals surface area contributed by atoms with Gasteiger partial charge < -0.3 is 14.6 Å². The zero-order chi connectivity index (χ0) is 14.4. The Bertz CT molecular complexity index is 289. The summed E-state index contributed by atoms with van der Waals surface area (Å²) in [5, 5.41) is 10.7. The third-order valence-electron chi connectivity index (χ3n) is 3.97. The molecule has 0 radical (unpaired) electrons. The molecule has 1 aliphatic rings. The van der Waals surface area contributed by atoms with Crippen molar-refractivity contribution in [1.29, 1.82) is 0 Å². The first-order chi connectivity index (χ1) is 7.91. The average molecular weight is 258 g/mol. The Hall–Kier alpha value is -0.120. The smallest absolute Gasteiger partial charge is 0.0882 e. The van der Waals surface area contributed by atoms with Crippen LogP contribution in [-0.2, 0) is 9.47 Å². The minimum atomic E-state index is -0.508. The first kappa shape index (κ1) is 15.9. The lowest BCUT2D eigenvalue weighted by Crippen LogP contribution is -2.48. The van der Waals surface area contributed by atoms with Crippen LogP contribution in [0.4, 0.5) is 0 Å². The summed E-state index contributed by atoms with van der Waals surface area (Å²) in [4.78, 5) is 0. The molecule has 0 amide bonds. The minimum Gasteiger partial charge on any atom is -0.390 e. The molecular weight excluding hydrogens is 228 g/mol. The normalized spacial score (nSPS) is 30.2. The molecule has 0 aliphatic carbocycles. The molecule has 1 fully saturated rings. The molecule has 0 spiro atoms. The van der Waals surface area contributed by atoms with E-state index in [9.17, 15) is 5.11 Å². The van der Waals surface area contributed by atoms with Gasteiger partial charge in [0.1, 0.15) is 0 Å². The quantitative estimate of drug-likeness (QED) is 0.845. The molecule has 1 N–H and O–H groups in total. The second kappa shape index (κ2) is 4.77. The lowest BCUT2D eigenvalue weighted by Gasteiger charge is -2.39. The molecule has 1 aliphatic heterocycles. The fourth-order valence-corrected chi connectivity index (χ4v) is 3.35. The molecule has 1 saturated heterocycles. The van der Waals surface area contributed by atoms with Crippen LogP contribution in [-0.4, -0.2) is 35.6 Å². The third-order valence-corrected chi connectivity index (χ3v) is 3.97. The lowest BCUT2D eigenvalue weighted by molar-refractivity contribution is -0.129. The van der Waals surface area contributed by atoms with E-state index in [1.165, 1.54) is 0 Å². The number of hydrogen-bond acceptors (Lipinski definition) is 3. The number of rotatable bonds is 3. The Balaban J connectivity index is 2.93. The van der Waals surface area contributed by atoms with E-state index in [2.05, 4.69) is 48.5 Å². The van der Waals surface area contributed by atoms with Crippen LogP contribution in [0.3, 0.4) is 0 Å². The van der Waals surface area contributed by atoms with Crippen LogP contribution in [0.15, 0.2) is 0 Å². The SMILES string of the molecule is COC(C(O)C1CC(C)(C)OC1(C)C)C(C)(C)C. The van der Waals surface area contributed by atoms with Gasteiger partial charge in [-0.15, -0.1) is 0 Å². The predicted octanol–water partition coefficient (Wildman–Crippen LogP) is 3.00. The highest BCUT2D eigenvalue weighted by molar-refractivity contribution is 5.00. The summed E-state index contributed by atoms with van der Waals surface area (Å²) in [5.74, 6) is 0.0941. The van der Waals surface area contributed by atoms with Crippen molar-refractivity contribution in [3.63, 3.8) is 0 Å². The standard InChI is InChI=1S/C15H30O3/c1-13(2,3)12(17-8)11(16)10-9-14(4,5)18-15(10,6)7/h10-12,16H,9H2,1-8H3. The Morgan fingerprint density at radius 3 is 2.00 bits per heavy atom. The maximum absolute atomic E-state index is 10.7. The fourth-order valence-electron chi connectivity index (χ4n) is 3.35. The van der Waals surface area contributed by atoms with Crippen molar-refractivity contribution in [1.82, 2.24) is 0 Å². The van der Waals surface area contributed by atoms with E-state index in [-0.39, 0.29) is 28.6 Å². The molecule has 108 valence electrons. The van der Waals surface area contributed by atoms with Gasteiger partial charge in [-0.05, 0) is 39.5 Å². The van der Waals surface area contributed by atoms with Gasteiger partial charge in [-0.25, -0.2) is 0 Å². The molecule has 0 saturated carbocycles. The van der Waals surface area contributed by atoms with Gasteiger partial charge in [-0.2, -0.15) is 0 Å². The van der Waals surface area contributed by atoms with Gasteiger partial charge in [0.25, 0.3) is 0 Å². The summed E-state index contributed by atoms with van der Waals surface area (Å²) >= 11 is 0. The molecule has 3 unspecified atom stereocenters. The Morgan fingerprint density at radius 1 is 1.22 bits per heavy atom. The first-order valence-electron chi connectivity index (χ1n) is 6.82. The van der Waals surface area contributed by atoms with E-state index in [0.717, 1.165) is 6.42 Å². The van der Waals surface area contributed by atoms with Gasteiger partial charge in [0, 0.05) is 13.0 Å². The zero-order valence-electron chi connectivity index (χ0n) is 13.2. The van der Waals surface area contributed by atoms with Gasteiger partial charge in [0.05, 0.1) is 23.4 Å². The second-order valence-corrected chi connectivity index (χ2v) is 7.79. The van der Waals surface area contributed by atoms with Gasteiger partial charge in [0.2, 0.25) is 0 Å². The summed E-state index contributed by atoms with van der Waals surface area (Å²) < 4.78 is 11.6. The van der Waals surface area contributed by atoms with E-state index in [1.807, 2.05) is 0 Å². The van der Waals surface area contributed by atoms with Crippen LogP contribution < -0.4 is 0 Å². The highest BCUT2D eigenvalue weighted by Crippen LogP contribution is 2.45. The van der Waals surface area contributed by atoms with Gasteiger partial charge in [0.15, 0.2) is 0 Å². The van der Waals surface area contributed by atoms with Crippen LogP contribution in [0.2, 0.25) is 0 Å². The molecule has 0 aromatic rings. The second-order valence-electron chi connectivity index (χ2n) is 7.79. The summed E-state index contributed by atoms with van der Waals surface area (Å²) in [7, 11) is 1.67. The van der Waals surface area contributed by atoms with Crippen molar-refractivity contribution in [2.45, 2.75) is 78.3 Å². The van der Waals surface area contributed by atoms with Gasteiger partial charge in [-0.3, -0.25) is 0 Å². The molecular formula is C15H30O3. The zero-order valence-corrected chi connectivity index (χ0v) is 13.2. The van der Waals surface area contributed by atoms with Gasteiger partial charge >= 0.3 is 0 Å². The van der Waals surface area contributed by atoms with E-state index in [1.54, 1.807) is 7.11 Å². The molecule has 3 heteroatoms. The Kier molecular flexibility index (Phi) is 4.22. The number of hydrogen-bond donors (Lipinski definition) is 1. The van der Waals surface area contributed by atoms with Crippen molar-refractivity contribution >= 4 is 0 Å². The number of aliphatic hydroxyl groups excluding tert-OH is 1. The lowest BCUT2D eigenvalue weighted by atomic mass is 9.75. The van der Waals surface area contributed by atoms with Gasteiger partial charge in [-0.1, -0.05) is 20.8 Å². The maximum Gasteiger partial charge on any atom is 0.0882 e. The van der Waals surface area contributed by atoms with Crippen molar-refractivity contribution < 1.29 is 14.6 Å². The molecule has 3 atom stereocenters. The fraction of sp³-hybridized carbons (Fsp3) is 1.00. The summed E-state index contributed by atoms with van der Waals surface area (Å²) in [6.45, 7) is 14.6. The number of ether oxygens (including phenoxy) is 2. The number of aliphatic hydroxyl groups is 1. The van der Waals surface area contributed by atoms with E-state index >= 15 is 0 Å². The largest absolute Gasteiger partial charge is 0.390 e. The topological polar surface area (TPSA) is 38.7 Å². The molecule has 18 heavy (non-hydrogen) atoms. The molecule has 3 nitrogen and oxygen atoms in total. The Labute approximate surface area is 112 Å². The number of methoxy groups -OCH3 is 1. The molecule has 0 aromatic carbocycles. The summed E-state index contributed by atoms with van der Waals surface area (Å²) in [6, 6.07) is 0. The average Bonchev–Trinajstić information content (AvgIpc) is 2.32. The van der Waals surface area contributed by atoms with Crippen molar-refractivity contribution in [2.75, 3.05) is 7.11 Å². The summed E-state index contributed by atoms with van der Waals surface area (Å²) in [5.41, 5.74) is -0.576. The monoisotopic (exact) mass is 258 g/mol. The van der Waals surface area contributed by atoms with Crippen LogP contribution in [0.25, 0.3) is 0 Å². The molecule has 0 aromatic heterocycles. The van der Waals surface area contributed by atoms with Crippen molar-refractivity contribution in [3.05, 3.63) is 0 Å². The summed E-state index contributed by atoms with van der Waals surface area (Å²) in [6.07, 6.45) is 0.169. The highest BCUT2D eigenvalue weighted by Gasteiger charge is 2.51. The van der Waals surface area contributed by atoms with E-state index in [0.29, 0.717) is 0 Å². The third kappa shape index (κ3) is 3.25. The first-order valence-corrected chi connectivity index (χ1v) is 6.82. The van der Waals surface area contributed by atoms with E-state index < -0.39 is 6.10 Å². The van der Waals surface area contributed by atoms with Crippen LogP contribution in [0, 0.1) is 11.3 Å². The predicted molar refractivity (Wildman–Crippen MR) is 73.6 cm³/mol. The van der Waals surface area contributed by atoms with Crippen LogP contribution >= 0.6 is 0 Å². The van der Waals surface area contributed by atoms with Crippen molar-refractivity contribution in [2.24, 2.45) is 11.3 Å². The highest BCUT2D eigenvalue weighted by atomic mass is 16.5. The Morgan fingerprint density at radius 2 is 1.72 bits per heavy atom. The maximum atomic E-state index is 10.7.